The zero-order valence-electron chi connectivity index (χ0n) is 16.0. The monoisotopic (exact) mass is 351 g/mol. The Balaban J connectivity index is 2.53. The summed E-state index contributed by atoms with van der Waals surface area (Å²) in [6.07, 6.45) is 4.71. The van der Waals surface area contributed by atoms with E-state index in [0.29, 0.717) is 36.6 Å². The number of aliphatic hydroxyl groups excluding tert-OH is 1. The second kappa shape index (κ2) is 11.7. The molecule has 0 fully saturated rings. The van der Waals surface area contributed by atoms with Crippen molar-refractivity contribution in [1.82, 2.24) is 5.32 Å². The number of ether oxygens (including phenoxy) is 2. The molecule has 5 heteroatoms. The molecule has 0 aliphatic rings. The molecule has 0 bridgehead atoms. The van der Waals surface area contributed by atoms with E-state index in [1.165, 1.54) is 12.8 Å². The van der Waals surface area contributed by atoms with Crippen molar-refractivity contribution in [2.45, 2.75) is 59.0 Å². The number of methoxy groups -OCH3 is 1. The minimum atomic E-state index is -0.404. The van der Waals surface area contributed by atoms with Crippen LogP contribution in [0.4, 0.5) is 0 Å². The van der Waals surface area contributed by atoms with Crippen molar-refractivity contribution < 1.29 is 19.4 Å². The van der Waals surface area contributed by atoms with Crippen molar-refractivity contribution in [1.29, 1.82) is 0 Å². The number of nitrogens with one attached hydrogen (secondary N) is 1. The van der Waals surface area contributed by atoms with E-state index in [-0.39, 0.29) is 11.8 Å². The Morgan fingerprint density at radius 2 is 1.96 bits per heavy atom. The molecule has 0 radical (unpaired) electrons. The van der Waals surface area contributed by atoms with Crippen LogP contribution in [-0.2, 0) is 0 Å². The van der Waals surface area contributed by atoms with Gasteiger partial charge in [0.05, 0.1) is 19.8 Å². The lowest BCUT2D eigenvalue weighted by molar-refractivity contribution is 0.0920. The van der Waals surface area contributed by atoms with Crippen molar-refractivity contribution in [3.8, 4) is 11.5 Å². The van der Waals surface area contributed by atoms with Gasteiger partial charge in [-0.15, -0.1) is 0 Å². The van der Waals surface area contributed by atoms with Gasteiger partial charge in [-0.3, -0.25) is 4.79 Å². The van der Waals surface area contributed by atoms with Gasteiger partial charge in [-0.25, -0.2) is 0 Å². The van der Waals surface area contributed by atoms with E-state index < -0.39 is 6.10 Å². The number of rotatable bonds is 12. The molecule has 0 aromatic heterocycles. The lowest BCUT2D eigenvalue weighted by atomic mass is 10.0. The van der Waals surface area contributed by atoms with Gasteiger partial charge >= 0.3 is 0 Å². The first-order chi connectivity index (χ1) is 12.0. The molecule has 1 amide bonds. The topological polar surface area (TPSA) is 67.8 Å². The molecule has 1 aromatic carbocycles. The highest BCUT2D eigenvalue weighted by atomic mass is 16.5. The van der Waals surface area contributed by atoms with Gasteiger partial charge in [-0.05, 0) is 37.0 Å². The molecule has 142 valence electrons. The summed E-state index contributed by atoms with van der Waals surface area (Å²) in [7, 11) is 1.57. The van der Waals surface area contributed by atoms with Crippen LogP contribution in [0.25, 0.3) is 0 Å². The maximum Gasteiger partial charge on any atom is 0.251 e. The lowest BCUT2D eigenvalue weighted by Gasteiger charge is -2.15. The van der Waals surface area contributed by atoms with E-state index >= 15 is 0 Å². The smallest absolute Gasteiger partial charge is 0.251 e. The zero-order chi connectivity index (χ0) is 18.7. The molecule has 25 heavy (non-hydrogen) atoms. The summed E-state index contributed by atoms with van der Waals surface area (Å²) in [5.74, 6) is 1.23. The molecule has 0 heterocycles. The predicted octanol–water partition coefficient (Wildman–Crippen LogP) is 3.79. The number of carbonyl (C=O) groups is 1. The molecule has 0 unspecified atom stereocenters. The standard InChI is InChI=1S/C20H33NO4/c1-5-6-7-8-13-25-18-10-9-16(14-19(18)24-4)20(23)21-12-11-17(22)15(2)3/h9-10,14-15,17,22H,5-8,11-13H2,1-4H3,(H,21,23)/t17-/m1/s1. The summed E-state index contributed by atoms with van der Waals surface area (Å²) in [6, 6.07) is 5.20. The van der Waals surface area contributed by atoms with Crippen LogP contribution in [0, 0.1) is 5.92 Å². The second-order valence-electron chi connectivity index (χ2n) is 6.63. The van der Waals surface area contributed by atoms with Gasteiger partial charge in [0.25, 0.3) is 5.91 Å². The molecule has 0 saturated heterocycles. The summed E-state index contributed by atoms with van der Waals surface area (Å²) in [5, 5.41) is 12.6. The Kier molecular flexibility index (Phi) is 10.0. The van der Waals surface area contributed by atoms with Gasteiger partial charge in [0.1, 0.15) is 0 Å². The third kappa shape index (κ3) is 7.78. The molecule has 1 rings (SSSR count). The second-order valence-corrected chi connectivity index (χ2v) is 6.63. The number of hydrogen-bond donors (Lipinski definition) is 2. The zero-order valence-corrected chi connectivity index (χ0v) is 16.0. The lowest BCUT2D eigenvalue weighted by Crippen LogP contribution is -2.28. The van der Waals surface area contributed by atoms with Crippen LogP contribution in [-0.4, -0.2) is 37.4 Å². The van der Waals surface area contributed by atoms with Crippen molar-refractivity contribution in [2.75, 3.05) is 20.3 Å². The molecule has 5 nitrogen and oxygen atoms in total. The Morgan fingerprint density at radius 1 is 1.20 bits per heavy atom. The molecule has 0 aliphatic carbocycles. The van der Waals surface area contributed by atoms with E-state index in [2.05, 4.69) is 12.2 Å². The molecule has 0 aliphatic heterocycles. The highest BCUT2D eigenvalue weighted by molar-refractivity contribution is 5.94. The van der Waals surface area contributed by atoms with Gasteiger partial charge in [-0.2, -0.15) is 0 Å². The van der Waals surface area contributed by atoms with Gasteiger partial charge in [-0.1, -0.05) is 40.0 Å². The van der Waals surface area contributed by atoms with Crippen LogP contribution < -0.4 is 14.8 Å². The molecule has 1 aromatic rings. The summed E-state index contributed by atoms with van der Waals surface area (Å²) >= 11 is 0. The van der Waals surface area contributed by atoms with Crippen LogP contribution in [0.2, 0.25) is 0 Å². The Hall–Kier alpha value is -1.75. The number of benzene rings is 1. The summed E-state index contributed by atoms with van der Waals surface area (Å²) in [5.41, 5.74) is 0.522. The molecular formula is C20H33NO4. The molecule has 0 saturated carbocycles. The largest absolute Gasteiger partial charge is 0.493 e. The highest BCUT2D eigenvalue weighted by Crippen LogP contribution is 2.28. The first kappa shape index (κ1) is 21.3. The van der Waals surface area contributed by atoms with Crippen molar-refractivity contribution in [2.24, 2.45) is 5.92 Å². The van der Waals surface area contributed by atoms with Crippen LogP contribution in [0.3, 0.4) is 0 Å². The SMILES string of the molecule is CCCCCCOc1ccc(C(=O)NCC[C@@H](O)C(C)C)cc1OC. The Morgan fingerprint density at radius 3 is 2.60 bits per heavy atom. The first-order valence-electron chi connectivity index (χ1n) is 9.26. The number of hydrogen-bond acceptors (Lipinski definition) is 4. The minimum absolute atomic E-state index is 0.177. The summed E-state index contributed by atoms with van der Waals surface area (Å²) in [6.45, 7) is 7.18. The van der Waals surface area contributed by atoms with Crippen molar-refractivity contribution in [3.63, 3.8) is 0 Å². The number of aliphatic hydroxyl groups is 1. The van der Waals surface area contributed by atoms with Gasteiger partial charge in [0.2, 0.25) is 0 Å². The fraction of sp³-hybridized carbons (Fsp3) is 0.650. The third-order valence-corrected chi connectivity index (χ3v) is 4.18. The fourth-order valence-electron chi connectivity index (χ4n) is 2.41. The summed E-state index contributed by atoms with van der Waals surface area (Å²) in [4.78, 5) is 12.2. The van der Waals surface area contributed by atoms with Gasteiger partial charge < -0.3 is 19.9 Å². The van der Waals surface area contributed by atoms with Crippen molar-refractivity contribution in [3.05, 3.63) is 23.8 Å². The van der Waals surface area contributed by atoms with Crippen LogP contribution in [0.5, 0.6) is 11.5 Å². The van der Waals surface area contributed by atoms with Crippen LogP contribution >= 0.6 is 0 Å². The molecule has 1 atom stereocenters. The maximum absolute atomic E-state index is 12.2. The number of unbranched alkanes of at least 4 members (excludes halogenated alkanes) is 3. The average Bonchev–Trinajstić information content (AvgIpc) is 2.61. The van der Waals surface area contributed by atoms with Gasteiger partial charge in [0, 0.05) is 12.1 Å². The van der Waals surface area contributed by atoms with Crippen molar-refractivity contribution >= 4 is 5.91 Å². The highest BCUT2D eigenvalue weighted by Gasteiger charge is 2.13. The predicted molar refractivity (Wildman–Crippen MR) is 100 cm³/mol. The van der Waals surface area contributed by atoms with E-state index in [0.717, 1.165) is 12.8 Å². The Bertz CT molecular complexity index is 516. The third-order valence-electron chi connectivity index (χ3n) is 4.18. The fourth-order valence-corrected chi connectivity index (χ4v) is 2.41. The summed E-state index contributed by atoms with van der Waals surface area (Å²) < 4.78 is 11.1. The van der Waals surface area contributed by atoms with E-state index in [4.69, 9.17) is 9.47 Å². The maximum atomic E-state index is 12.2. The van der Waals surface area contributed by atoms with Crippen LogP contribution in [0.1, 0.15) is 63.2 Å². The van der Waals surface area contributed by atoms with Crippen LogP contribution in [0.15, 0.2) is 18.2 Å². The normalized spacial score (nSPS) is 12.1. The van der Waals surface area contributed by atoms with E-state index in [1.807, 2.05) is 13.8 Å². The Labute approximate surface area is 151 Å². The first-order valence-corrected chi connectivity index (χ1v) is 9.26. The van der Waals surface area contributed by atoms with E-state index in [1.54, 1.807) is 25.3 Å². The molecular weight excluding hydrogens is 318 g/mol. The number of amides is 1. The number of carbonyl (C=O) groups excluding carboxylic acids is 1. The van der Waals surface area contributed by atoms with Gasteiger partial charge in [0.15, 0.2) is 11.5 Å². The minimum Gasteiger partial charge on any atom is -0.493 e. The quantitative estimate of drug-likeness (QED) is 0.562. The molecule has 0 spiro atoms. The average molecular weight is 351 g/mol. The van der Waals surface area contributed by atoms with E-state index in [9.17, 15) is 9.90 Å². The molecule has 2 N–H and O–H groups in total.